The van der Waals surface area contributed by atoms with Crippen LogP contribution in [0.25, 0.3) is 17.0 Å². The Balaban J connectivity index is 1.47. The summed E-state index contributed by atoms with van der Waals surface area (Å²) in [6.07, 6.45) is 2.94. The Labute approximate surface area is 199 Å². The Hall–Kier alpha value is -4.65. The predicted octanol–water partition coefficient (Wildman–Crippen LogP) is 4.86. The Morgan fingerprint density at radius 2 is 1.74 bits per heavy atom. The fourth-order valence-corrected chi connectivity index (χ4v) is 4.56. The number of methoxy groups -OCH3 is 1. The summed E-state index contributed by atoms with van der Waals surface area (Å²) in [5.41, 5.74) is 2.10. The molecule has 3 aromatic carbocycles. The van der Waals surface area contributed by atoms with E-state index < -0.39 is 11.9 Å². The highest BCUT2D eigenvalue weighted by Gasteiger charge is 2.39. The summed E-state index contributed by atoms with van der Waals surface area (Å²) in [5.74, 6) is -0.0708. The summed E-state index contributed by atoms with van der Waals surface area (Å²) in [7, 11) is 1.58. The summed E-state index contributed by atoms with van der Waals surface area (Å²) in [6, 6.07) is 17.3. The van der Waals surface area contributed by atoms with Crippen LogP contribution in [0.5, 0.6) is 17.2 Å². The summed E-state index contributed by atoms with van der Waals surface area (Å²) in [5, 5.41) is 0.412. The largest absolute Gasteiger partial charge is 0.497 e. The van der Waals surface area contributed by atoms with Crippen LogP contribution in [0.1, 0.15) is 39.4 Å². The van der Waals surface area contributed by atoms with E-state index in [-0.39, 0.29) is 34.9 Å². The second kappa shape index (κ2) is 7.99. The predicted molar refractivity (Wildman–Crippen MR) is 127 cm³/mol. The molecule has 0 spiro atoms. The number of fused-ring (bicyclic) bond motifs is 4. The third-order valence-electron chi connectivity index (χ3n) is 6.28. The number of ketones is 1. The van der Waals surface area contributed by atoms with Crippen LogP contribution in [-0.2, 0) is 4.79 Å². The van der Waals surface area contributed by atoms with Gasteiger partial charge in [0.15, 0.2) is 11.2 Å². The van der Waals surface area contributed by atoms with Gasteiger partial charge in [-0.3, -0.25) is 14.4 Å². The molecule has 6 rings (SSSR count). The van der Waals surface area contributed by atoms with E-state index >= 15 is 0 Å². The molecule has 2 aliphatic heterocycles. The molecule has 0 saturated heterocycles. The third-order valence-corrected chi connectivity index (χ3v) is 6.28. The van der Waals surface area contributed by atoms with Crippen molar-refractivity contribution in [3.8, 4) is 17.2 Å². The second-order valence-electron chi connectivity index (χ2n) is 8.31. The number of para-hydroxylation sites is 1. The molecule has 1 aromatic heterocycles. The minimum Gasteiger partial charge on any atom is -0.497 e. The highest BCUT2D eigenvalue weighted by molar-refractivity contribution is 6.15. The second-order valence-corrected chi connectivity index (χ2v) is 8.31. The number of carbonyl (C=O) groups is 2. The molecule has 4 aromatic rings. The lowest BCUT2D eigenvalue weighted by molar-refractivity contribution is -0.135. The van der Waals surface area contributed by atoms with E-state index in [1.165, 1.54) is 6.26 Å². The average Bonchev–Trinajstić information content (AvgIpc) is 3.19. The summed E-state index contributed by atoms with van der Waals surface area (Å²) >= 11 is 0. The highest BCUT2D eigenvalue weighted by atomic mass is 16.5. The summed E-state index contributed by atoms with van der Waals surface area (Å²) in [4.78, 5) is 38.9. The molecule has 35 heavy (non-hydrogen) atoms. The molecule has 172 valence electrons. The van der Waals surface area contributed by atoms with Gasteiger partial charge < -0.3 is 18.6 Å². The number of Topliss-reactive ketones (excluding diaryl/α,β-unsaturated/α-hetero) is 1. The molecule has 0 radical (unpaired) electrons. The maximum Gasteiger partial charge on any atom is 0.312 e. The zero-order valence-corrected chi connectivity index (χ0v) is 18.6. The average molecular weight is 466 g/mol. The number of rotatable bonds is 3. The normalized spacial score (nSPS) is 17.6. The van der Waals surface area contributed by atoms with Crippen LogP contribution < -0.4 is 19.6 Å². The molecule has 1 atom stereocenters. The van der Waals surface area contributed by atoms with Crippen LogP contribution in [0.4, 0.5) is 0 Å². The minimum absolute atomic E-state index is 0.0817. The maximum atomic E-state index is 13.3. The molecular formula is C28H18O7. The standard InChI is InChI=1S/C28H18O7/c1-32-16-8-6-15(7-9-16)12-23-27(31)18-10-11-22-25(28(18)35-23)19(13-24(29)34-22)20-14-33-21-5-3-2-4-17(21)26(20)30/h2-12,14,19H,13H2,1H3/b23-12-/t19-/m0/s1. The lowest BCUT2D eigenvalue weighted by Crippen LogP contribution is -2.25. The van der Waals surface area contributed by atoms with E-state index in [9.17, 15) is 14.4 Å². The molecule has 0 fully saturated rings. The van der Waals surface area contributed by atoms with E-state index in [1.807, 2.05) is 12.1 Å². The Morgan fingerprint density at radius 3 is 2.54 bits per heavy atom. The summed E-state index contributed by atoms with van der Waals surface area (Å²) in [6.45, 7) is 0. The first-order valence-electron chi connectivity index (χ1n) is 11.0. The fourth-order valence-electron chi connectivity index (χ4n) is 4.56. The number of benzene rings is 3. The number of carbonyl (C=O) groups excluding carboxylic acids is 2. The van der Waals surface area contributed by atoms with Crippen LogP contribution in [0.3, 0.4) is 0 Å². The SMILES string of the molecule is COc1ccc(/C=C2\Oc3c(ccc4c3[C@H](c3coc5ccccc5c3=O)CC(=O)O4)C2=O)cc1. The van der Waals surface area contributed by atoms with Crippen LogP contribution in [0.15, 0.2) is 81.9 Å². The lowest BCUT2D eigenvalue weighted by Gasteiger charge is -2.25. The van der Waals surface area contributed by atoms with Gasteiger partial charge in [0.25, 0.3) is 0 Å². The van der Waals surface area contributed by atoms with Crippen molar-refractivity contribution < 1.29 is 28.2 Å². The fraction of sp³-hybridized carbons (Fsp3) is 0.107. The van der Waals surface area contributed by atoms with Gasteiger partial charge in [0.2, 0.25) is 5.78 Å². The molecule has 0 amide bonds. The molecule has 7 nitrogen and oxygen atoms in total. The molecule has 0 unspecified atom stereocenters. The number of hydrogen-bond donors (Lipinski definition) is 0. The Bertz CT molecular complexity index is 1610. The molecule has 3 heterocycles. The van der Waals surface area contributed by atoms with Crippen molar-refractivity contribution in [2.45, 2.75) is 12.3 Å². The van der Waals surface area contributed by atoms with Crippen molar-refractivity contribution in [3.05, 3.63) is 105 Å². The van der Waals surface area contributed by atoms with Gasteiger partial charge >= 0.3 is 5.97 Å². The van der Waals surface area contributed by atoms with E-state index in [4.69, 9.17) is 18.6 Å². The first-order chi connectivity index (χ1) is 17.0. The van der Waals surface area contributed by atoms with Gasteiger partial charge in [0.05, 0.1) is 30.7 Å². The number of ether oxygens (including phenoxy) is 3. The van der Waals surface area contributed by atoms with Crippen molar-refractivity contribution >= 4 is 28.8 Å². The first kappa shape index (κ1) is 20.9. The van der Waals surface area contributed by atoms with Crippen molar-refractivity contribution in [1.82, 2.24) is 0 Å². The maximum absolute atomic E-state index is 13.3. The van der Waals surface area contributed by atoms with Gasteiger partial charge in [-0.2, -0.15) is 0 Å². The van der Waals surface area contributed by atoms with E-state index in [0.717, 1.165) is 5.56 Å². The topological polar surface area (TPSA) is 92.0 Å². The van der Waals surface area contributed by atoms with Gasteiger partial charge in [0, 0.05) is 17.0 Å². The monoisotopic (exact) mass is 466 g/mol. The zero-order valence-electron chi connectivity index (χ0n) is 18.6. The quantitative estimate of drug-likeness (QED) is 0.242. The van der Waals surface area contributed by atoms with Gasteiger partial charge in [-0.25, -0.2) is 0 Å². The smallest absolute Gasteiger partial charge is 0.312 e. The Morgan fingerprint density at radius 1 is 0.943 bits per heavy atom. The van der Waals surface area contributed by atoms with E-state index in [1.54, 1.807) is 61.7 Å². The van der Waals surface area contributed by atoms with Gasteiger partial charge in [-0.05, 0) is 48.0 Å². The van der Waals surface area contributed by atoms with Crippen molar-refractivity contribution in [2.75, 3.05) is 7.11 Å². The molecule has 0 N–H and O–H groups in total. The van der Waals surface area contributed by atoms with Gasteiger partial charge in [-0.15, -0.1) is 0 Å². The van der Waals surface area contributed by atoms with Crippen LogP contribution in [-0.4, -0.2) is 18.9 Å². The number of hydrogen-bond acceptors (Lipinski definition) is 7. The van der Waals surface area contributed by atoms with Crippen LogP contribution >= 0.6 is 0 Å². The molecule has 2 aliphatic rings. The number of allylic oxidation sites excluding steroid dienone is 1. The van der Waals surface area contributed by atoms with Crippen LogP contribution in [0.2, 0.25) is 0 Å². The minimum atomic E-state index is -0.685. The van der Waals surface area contributed by atoms with E-state index in [2.05, 4.69) is 0 Å². The highest BCUT2D eigenvalue weighted by Crippen LogP contribution is 2.48. The molecule has 0 saturated carbocycles. The molecule has 7 heteroatoms. The third kappa shape index (κ3) is 3.40. The molecule has 0 aliphatic carbocycles. The zero-order chi connectivity index (χ0) is 24.1. The first-order valence-corrected chi connectivity index (χ1v) is 11.0. The lowest BCUT2D eigenvalue weighted by atomic mass is 9.85. The van der Waals surface area contributed by atoms with Crippen LogP contribution in [0, 0.1) is 0 Å². The number of esters is 1. The van der Waals surface area contributed by atoms with Gasteiger partial charge in [0.1, 0.15) is 22.8 Å². The van der Waals surface area contributed by atoms with Crippen molar-refractivity contribution in [1.29, 1.82) is 0 Å². The molecular weight excluding hydrogens is 448 g/mol. The van der Waals surface area contributed by atoms with Crippen molar-refractivity contribution in [2.24, 2.45) is 0 Å². The summed E-state index contributed by atoms with van der Waals surface area (Å²) < 4.78 is 22.4. The Kier molecular flexibility index (Phi) is 4.77. The van der Waals surface area contributed by atoms with Crippen molar-refractivity contribution in [3.63, 3.8) is 0 Å². The molecule has 0 bridgehead atoms. The van der Waals surface area contributed by atoms with E-state index in [0.29, 0.717) is 33.4 Å². The van der Waals surface area contributed by atoms with Gasteiger partial charge in [-0.1, -0.05) is 24.3 Å².